The van der Waals surface area contributed by atoms with Gasteiger partial charge in [0.25, 0.3) is 0 Å². The quantitative estimate of drug-likeness (QED) is 0.682. The SMILES string of the molecule is NC[C@@H](c1ccc(N)cc1)N1CC[C@H](C(=O)O)C1. The van der Waals surface area contributed by atoms with Crippen LogP contribution in [0, 0.1) is 5.92 Å². The van der Waals surface area contributed by atoms with E-state index in [9.17, 15) is 4.79 Å². The predicted octanol–water partition coefficient (Wildman–Crippen LogP) is 0.675. The molecule has 0 amide bonds. The molecule has 1 fully saturated rings. The molecule has 1 aliphatic heterocycles. The Hall–Kier alpha value is -1.59. The van der Waals surface area contributed by atoms with Crippen LogP contribution in [0.25, 0.3) is 0 Å². The Morgan fingerprint density at radius 2 is 2.11 bits per heavy atom. The molecule has 1 aromatic carbocycles. The van der Waals surface area contributed by atoms with Crippen molar-refractivity contribution in [2.75, 3.05) is 25.4 Å². The number of anilines is 1. The van der Waals surface area contributed by atoms with Gasteiger partial charge in [0.05, 0.1) is 5.92 Å². The third-order valence-electron chi connectivity index (χ3n) is 3.55. The first-order valence-electron chi connectivity index (χ1n) is 6.14. The number of nitrogens with two attached hydrogens (primary N) is 2. The van der Waals surface area contributed by atoms with E-state index >= 15 is 0 Å². The van der Waals surface area contributed by atoms with Gasteiger partial charge in [-0.05, 0) is 30.7 Å². The molecular weight excluding hydrogens is 230 g/mol. The first-order chi connectivity index (χ1) is 8.61. The molecule has 0 spiro atoms. The van der Waals surface area contributed by atoms with E-state index < -0.39 is 5.97 Å². The largest absolute Gasteiger partial charge is 0.481 e. The summed E-state index contributed by atoms with van der Waals surface area (Å²) in [4.78, 5) is 13.1. The van der Waals surface area contributed by atoms with E-state index in [1.807, 2.05) is 24.3 Å². The van der Waals surface area contributed by atoms with E-state index in [1.165, 1.54) is 0 Å². The third kappa shape index (κ3) is 2.63. The second kappa shape index (κ2) is 5.37. The molecule has 0 bridgehead atoms. The number of hydrogen-bond acceptors (Lipinski definition) is 4. The van der Waals surface area contributed by atoms with Gasteiger partial charge < -0.3 is 16.6 Å². The van der Waals surface area contributed by atoms with Gasteiger partial charge in [0.15, 0.2) is 0 Å². The van der Waals surface area contributed by atoms with Crippen molar-refractivity contribution in [3.05, 3.63) is 29.8 Å². The zero-order chi connectivity index (χ0) is 13.1. The molecule has 1 heterocycles. The maximum atomic E-state index is 11.0. The fraction of sp³-hybridized carbons (Fsp3) is 0.462. The number of carboxylic acids is 1. The summed E-state index contributed by atoms with van der Waals surface area (Å²) in [5.41, 5.74) is 13.3. The summed E-state index contributed by atoms with van der Waals surface area (Å²) in [6.07, 6.45) is 0.695. The van der Waals surface area contributed by atoms with Crippen molar-refractivity contribution < 1.29 is 9.90 Å². The number of rotatable bonds is 4. The molecular formula is C13H19N3O2. The summed E-state index contributed by atoms with van der Waals surface area (Å²) in [7, 11) is 0. The van der Waals surface area contributed by atoms with Gasteiger partial charge in [-0.3, -0.25) is 9.69 Å². The average molecular weight is 249 g/mol. The molecule has 0 aliphatic carbocycles. The van der Waals surface area contributed by atoms with Gasteiger partial charge in [-0.1, -0.05) is 12.1 Å². The van der Waals surface area contributed by atoms with Crippen LogP contribution in [0.2, 0.25) is 0 Å². The van der Waals surface area contributed by atoms with E-state index in [4.69, 9.17) is 16.6 Å². The van der Waals surface area contributed by atoms with E-state index in [2.05, 4.69) is 4.90 Å². The molecule has 5 nitrogen and oxygen atoms in total. The van der Waals surface area contributed by atoms with E-state index in [0.29, 0.717) is 19.5 Å². The maximum absolute atomic E-state index is 11.0. The molecule has 2 rings (SSSR count). The van der Waals surface area contributed by atoms with Crippen LogP contribution in [0.1, 0.15) is 18.0 Å². The Balaban J connectivity index is 2.10. The number of carboxylic acid groups (broad SMARTS) is 1. The minimum Gasteiger partial charge on any atom is -0.481 e. The lowest BCUT2D eigenvalue weighted by Crippen LogP contribution is -2.32. The van der Waals surface area contributed by atoms with Crippen molar-refractivity contribution in [3.8, 4) is 0 Å². The highest BCUT2D eigenvalue weighted by molar-refractivity contribution is 5.70. The smallest absolute Gasteiger partial charge is 0.307 e. The molecule has 5 N–H and O–H groups in total. The second-order valence-electron chi connectivity index (χ2n) is 4.74. The van der Waals surface area contributed by atoms with Gasteiger partial charge in [-0.25, -0.2) is 0 Å². The summed E-state index contributed by atoms with van der Waals surface area (Å²) in [6.45, 7) is 1.83. The van der Waals surface area contributed by atoms with Crippen molar-refractivity contribution in [1.82, 2.24) is 4.90 Å². The molecule has 0 aromatic heterocycles. The zero-order valence-electron chi connectivity index (χ0n) is 10.2. The van der Waals surface area contributed by atoms with Gasteiger partial charge in [-0.2, -0.15) is 0 Å². The predicted molar refractivity (Wildman–Crippen MR) is 70.0 cm³/mol. The average Bonchev–Trinajstić information content (AvgIpc) is 2.82. The van der Waals surface area contributed by atoms with Gasteiger partial charge in [0, 0.05) is 24.8 Å². The topological polar surface area (TPSA) is 92.6 Å². The van der Waals surface area contributed by atoms with Crippen LogP contribution < -0.4 is 11.5 Å². The lowest BCUT2D eigenvalue weighted by molar-refractivity contribution is -0.141. The molecule has 1 aliphatic rings. The molecule has 98 valence electrons. The molecule has 2 atom stereocenters. The van der Waals surface area contributed by atoms with E-state index in [0.717, 1.165) is 17.8 Å². The van der Waals surface area contributed by atoms with Crippen molar-refractivity contribution >= 4 is 11.7 Å². The lowest BCUT2D eigenvalue weighted by Gasteiger charge is -2.26. The number of likely N-dealkylation sites (tertiary alicyclic amines) is 1. The highest BCUT2D eigenvalue weighted by atomic mass is 16.4. The standard InChI is InChI=1S/C13H19N3O2/c14-7-12(9-1-3-11(15)4-2-9)16-6-5-10(8-16)13(17)18/h1-4,10,12H,5-8,14-15H2,(H,17,18)/t10-,12-/m0/s1. The Morgan fingerprint density at radius 1 is 1.44 bits per heavy atom. The van der Waals surface area contributed by atoms with Crippen LogP contribution in [-0.4, -0.2) is 35.6 Å². The second-order valence-corrected chi connectivity index (χ2v) is 4.74. The number of aliphatic carboxylic acids is 1. The molecule has 0 radical (unpaired) electrons. The molecule has 1 saturated heterocycles. The third-order valence-corrected chi connectivity index (χ3v) is 3.55. The van der Waals surface area contributed by atoms with Crippen LogP contribution >= 0.6 is 0 Å². The molecule has 18 heavy (non-hydrogen) atoms. The Kier molecular flexibility index (Phi) is 3.84. The summed E-state index contributed by atoms with van der Waals surface area (Å²) < 4.78 is 0. The summed E-state index contributed by atoms with van der Waals surface area (Å²) in [6, 6.07) is 7.70. The van der Waals surface area contributed by atoms with Crippen LogP contribution in [-0.2, 0) is 4.79 Å². The monoisotopic (exact) mass is 249 g/mol. The Labute approximate surface area is 106 Å². The van der Waals surface area contributed by atoms with E-state index in [1.54, 1.807) is 0 Å². The summed E-state index contributed by atoms with van der Waals surface area (Å²) in [5, 5.41) is 9.02. The minimum atomic E-state index is -0.717. The maximum Gasteiger partial charge on any atom is 0.307 e. The first kappa shape index (κ1) is 12.9. The minimum absolute atomic E-state index is 0.0787. The fourth-order valence-electron chi connectivity index (χ4n) is 2.49. The number of benzene rings is 1. The van der Waals surface area contributed by atoms with Crippen LogP contribution in [0.15, 0.2) is 24.3 Å². The molecule has 5 heteroatoms. The number of hydrogen-bond donors (Lipinski definition) is 3. The zero-order valence-corrected chi connectivity index (χ0v) is 10.2. The van der Waals surface area contributed by atoms with Crippen molar-refractivity contribution in [2.45, 2.75) is 12.5 Å². The number of carbonyl (C=O) groups is 1. The molecule has 0 unspecified atom stereocenters. The highest BCUT2D eigenvalue weighted by Gasteiger charge is 2.32. The summed E-state index contributed by atoms with van der Waals surface area (Å²) >= 11 is 0. The Morgan fingerprint density at radius 3 is 2.61 bits per heavy atom. The normalized spacial score (nSPS) is 21.9. The first-order valence-corrected chi connectivity index (χ1v) is 6.14. The Bertz CT molecular complexity index is 419. The van der Waals surface area contributed by atoms with Gasteiger partial charge in [0.1, 0.15) is 0 Å². The molecule has 1 aromatic rings. The van der Waals surface area contributed by atoms with Gasteiger partial charge in [0.2, 0.25) is 0 Å². The number of nitrogen functional groups attached to an aromatic ring is 1. The van der Waals surface area contributed by atoms with Gasteiger partial charge in [-0.15, -0.1) is 0 Å². The van der Waals surface area contributed by atoms with Crippen molar-refractivity contribution in [2.24, 2.45) is 11.7 Å². The van der Waals surface area contributed by atoms with Crippen LogP contribution in [0.4, 0.5) is 5.69 Å². The highest BCUT2D eigenvalue weighted by Crippen LogP contribution is 2.27. The number of nitrogens with zero attached hydrogens (tertiary/aromatic N) is 1. The van der Waals surface area contributed by atoms with Crippen LogP contribution in [0.5, 0.6) is 0 Å². The van der Waals surface area contributed by atoms with Crippen molar-refractivity contribution in [3.63, 3.8) is 0 Å². The van der Waals surface area contributed by atoms with Gasteiger partial charge >= 0.3 is 5.97 Å². The summed E-state index contributed by atoms with van der Waals surface area (Å²) in [5.74, 6) is -0.988. The van der Waals surface area contributed by atoms with E-state index in [-0.39, 0.29) is 12.0 Å². The lowest BCUT2D eigenvalue weighted by atomic mass is 10.1. The van der Waals surface area contributed by atoms with Crippen LogP contribution in [0.3, 0.4) is 0 Å². The molecule has 0 saturated carbocycles. The fourth-order valence-corrected chi connectivity index (χ4v) is 2.49. The van der Waals surface area contributed by atoms with Crippen molar-refractivity contribution in [1.29, 1.82) is 0 Å².